The van der Waals surface area contributed by atoms with E-state index in [2.05, 4.69) is 26.2 Å². The van der Waals surface area contributed by atoms with E-state index in [1.807, 2.05) is 0 Å². The number of benzene rings is 2. The molecule has 112 valence electrons. The molecule has 1 heterocycles. The molecule has 0 aromatic heterocycles. The molecule has 2 aromatic carbocycles. The van der Waals surface area contributed by atoms with Gasteiger partial charge in [0.25, 0.3) is 5.91 Å². The SMILES string of the molecule is O=C1Nc2ccc(Br)cc2C1=Nc1ccccc1C(F)(F)F. The fourth-order valence-corrected chi connectivity index (χ4v) is 2.53. The average Bonchev–Trinajstić information content (AvgIpc) is 2.74. The summed E-state index contributed by atoms with van der Waals surface area (Å²) in [6.07, 6.45) is -4.53. The number of fused-ring (bicyclic) bond motifs is 1. The Bertz CT molecular complexity index is 800. The molecule has 1 aliphatic rings. The van der Waals surface area contributed by atoms with Crippen LogP contribution in [0.3, 0.4) is 0 Å². The number of rotatable bonds is 1. The van der Waals surface area contributed by atoms with Crippen LogP contribution in [-0.2, 0) is 11.0 Å². The van der Waals surface area contributed by atoms with E-state index in [9.17, 15) is 18.0 Å². The number of halogens is 4. The minimum absolute atomic E-state index is 0.0343. The Balaban J connectivity index is 2.15. The van der Waals surface area contributed by atoms with E-state index in [4.69, 9.17) is 0 Å². The Labute approximate surface area is 132 Å². The Morgan fingerprint density at radius 2 is 1.82 bits per heavy atom. The molecule has 0 atom stereocenters. The number of nitrogens with zero attached hydrogens (tertiary/aromatic N) is 1. The summed E-state index contributed by atoms with van der Waals surface area (Å²) in [6.45, 7) is 0. The molecule has 0 bridgehead atoms. The van der Waals surface area contributed by atoms with Crippen molar-refractivity contribution in [3.8, 4) is 0 Å². The van der Waals surface area contributed by atoms with Crippen LogP contribution in [0.25, 0.3) is 0 Å². The summed E-state index contributed by atoms with van der Waals surface area (Å²) >= 11 is 3.27. The van der Waals surface area contributed by atoms with Crippen LogP contribution in [-0.4, -0.2) is 11.6 Å². The van der Waals surface area contributed by atoms with Crippen LogP contribution < -0.4 is 5.32 Å². The standard InChI is InChI=1S/C15H8BrF3N2O/c16-8-5-6-11-9(7-8)13(14(22)21-11)20-12-4-2-1-3-10(12)15(17,18)19/h1-7H,(H,20,21,22). The molecule has 1 amide bonds. The summed E-state index contributed by atoms with van der Waals surface area (Å²) in [6, 6.07) is 9.94. The largest absolute Gasteiger partial charge is 0.418 e. The maximum Gasteiger partial charge on any atom is 0.418 e. The first-order chi connectivity index (χ1) is 10.4. The molecule has 0 saturated heterocycles. The quantitative estimate of drug-likeness (QED) is 0.788. The lowest BCUT2D eigenvalue weighted by molar-refractivity contribution is -0.137. The molecule has 1 aliphatic heterocycles. The van der Waals surface area contributed by atoms with Crippen molar-refractivity contribution in [2.45, 2.75) is 6.18 Å². The zero-order chi connectivity index (χ0) is 15.9. The van der Waals surface area contributed by atoms with Crippen molar-refractivity contribution in [3.63, 3.8) is 0 Å². The maximum atomic E-state index is 13.0. The van der Waals surface area contributed by atoms with Gasteiger partial charge in [0.05, 0.1) is 16.9 Å². The number of aliphatic imine (C=N–C) groups is 1. The first-order valence-corrected chi connectivity index (χ1v) is 7.02. The average molecular weight is 369 g/mol. The fourth-order valence-electron chi connectivity index (χ4n) is 2.17. The second-order valence-electron chi connectivity index (χ2n) is 4.62. The minimum atomic E-state index is -4.53. The number of carbonyl (C=O) groups is 1. The van der Waals surface area contributed by atoms with Crippen LogP contribution in [0.5, 0.6) is 0 Å². The molecule has 3 nitrogen and oxygen atoms in total. The van der Waals surface area contributed by atoms with Crippen molar-refractivity contribution in [3.05, 3.63) is 58.1 Å². The van der Waals surface area contributed by atoms with Crippen LogP contribution >= 0.6 is 15.9 Å². The van der Waals surface area contributed by atoms with Crippen molar-refractivity contribution >= 4 is 38.9 Å². The molecular weight excluding hydrogens is 361 g/mol. The van der Waals surface area contributed by atoms with E-state index < -0.39 is 17.6 Å². The van der Waals surface area contributed by atoms with Gasteiger partial charge in [-0.1, -0.05) is 28.1 Å². The number of para-hydroxylation sites is 1. The lowest BCUT2D eigenvalue weighted by atomic mass is 10.1. The molecule has 7 heteroatoms. The summed E-state index contributed by atoms with van der Waals surface area (Å²) in [4.78, 5) is 15.9. The Kier molecular flexibility index (Phi) is 3.52. The van der Waals surface area contributed by atoms with Gasteiger partial charge in [-0.25, -0.2) is 4.99 Å². The van der Waals surface area contributed by atoms with Crippen molar-refractivity contribution < 1.29 is 18.0 Å². The van der Waals surface area contributed by atoms with E-state index in [1.165, 1.54) is 18.2 Å². The zero-order valence-corrected chi connectivity index (χ0v) is 12.5. The molecule has 3 rings (SSSR count). The number of alkyl halides is 3. The van der Waals surface area contributed by atoms with Gasteiger partial charge in [0, 0.05) is 10.0 Å². The summed E-state index contributed by atoms with van der Waals surface area (Å²) in [5, 5.41) is 2.58. The highest BCUT2D eigenvalue weighted by Crippen LogP contribution is 2.37. The van der Waals surface area contributed by atoms with Crippen molar-refractivity contribution in [2.24, 2.45) is 4.99 Å². The third kappa shape index (κ3) is 2.64. The lowest BCUT2D eigenvalue weighted by Gasteiger charge is -2.09. The van der Waals surface area contributed by atoms with E-state index in [0.717, 1.165) is 6.07 Å². The first-order valence-electron chi connectivity index (χ1n) is 6.22. The van der Waals surface area contributed by atoms with Crippen molar-refractivity contribution in [1.29, 1.82) is 0 Å². The molecule has 2 aromatic rings. The van der Waals surface area contributed by atoms with Gasteiger partial charge >= 0.3 is 6.18 Å². The topological polar surface area (TPSA) is 41.5 Å². The van der Waals surface area contributed by atoms with Crippen LogP contribution in [0.15, 0.2) is 51.9 Å². The van der Waals surface area contributed by atoms with E-state index in [1.54, 1.807) is 18.2 Å². The molecule has 0 saturated carbocycles. The summed E-state index contributed by atoms with van der Waals surface area (Å²) in [5.74, 6) is -0.523. The van der Waals surface area contributed by atoms with Gasteiger partial charge in [-0.2, -0.15) is 13.2 Å². The van der Waals surface area contributed by atoms with Gasteiger partial charge in [0.2, 0.25) is 0 Å². The smallest absolute Gasteiger partial charge is 0.320 e. The van der Waals surface area contributed by atoms with Crippen LogP contribution in [0.2, 0.25) is 0 Å². The minimum Gasteiger partial charge on any atom is -0.320 e. The van der Waals surface area contributed by atoms with Crippen LogP contribution in [0, 0.1) is 0 Å². The number of hydrogen-bond donors (Lipinski definition) is 1. The van der Waals surface area contributed by atoms with E-state index >= 15 is 0 Å². The third-order valence-corrected chi connectivity index (χ3v) is 3.63. The van der Waals surface area contributed by atoms with Gasteiger partial charge in [0.1, 0.15) is 5.71 Å². The van der Waals surface area contributed by atoms with Gasteiger partial charge in [-0.15, -0.1) is 0 Å². The summed E-state index contributed by atoms with van der Waals surface area (Å²) in [7, 11) is 0. The summed E-state index contributed by atoms with van der Waals surface area (Å²) in [5.41, 5.74) is -0.201. The Hall–Kier alpha value is -2.15. The van der Waals surface area contributed by atoms with Crippen LogP contribution in [0.1, 0.15) is 11.1 Å². The number of hydrogen-bond acceptors (Lipinski definition) is 2. The van der Waals surface area contributed by atoms with Gasteiger partial charge in [-0.05, 0) is 30.3 Å². The molecule has 1 N–H and O–H groups in total. The highest BCUT2D eigenvalue weighted by molar-refractivity contribution is 9.10. The predicted octanol–water partition coefficient (Wildman–Crippen LogP) is 4.54. The molecule has 0 aliphatic carbocycles. The molecule has 0 unspecified atom stereocenters. The van der Waals surface area contributed by atoms with Gasteiger partial charge < -0.3 is 5.32 Å². The second-order valence-corrected chi connectivity index (χ2v) is 5.54. The monoisotopic (exact) mass is 368 g/mol. The third-order valence-electron chi connectivity index (χ3n) is 3.14. The van der Waals surface area contributed by atoms with Gasteiger partial charge in [0.15, 0.2) is 0 Å². The van der Waals surface area contributed by atoms with Crippen molar-refractivity contribution in [2.75, 3.05) is 5.32 Å². The van der Waals surface area contributed by atoms with Gasteiger partial charge in [-0.3, -0.25) is 4.79 Å². The van der Waals surface area contributed by atoms with Crippen molar-refractivity contribution in [1.82, 2.24) is 0 Å². The van der Waals surface area contributed by atoms with Crippen LogP contribution in [0.4, 0.5) is 24.5 Å². The predicted molar refractivity (Wildman–Crippen MR) is 80.4 cm³/mol. The van der Waals surface area contributed by atoms with E-state index in [-0.39, 0.29) is 11.4 Å². The fraction of sp³-hybridized carbons (Fsp3) is 0.0667. The number of nitrogens with one attached hydrogen (secondary N) is 1. The molecule has 0 radical (unpaired) electrons. The maximum absolute atomic E-state index is 13.0. The highest BCUT2D eigenvalue weighted by atomic mass is 79.9. The second kappa shape index (κ2) is 5.24. The number of anilines is 1. The first kappa shape index (κ1) is 14.8. The lowest BCUT2D eigenvalue weighted by Crippen LogP contribution is -2.14. The Morgan fingerprint density at radius 3 is 2.55 bits per heavy atom. The molecule has 0 spiro atoms. The molecule has 0 fully saturated rings. The highest BCUT2D eigenvalue weighted by Gasteiger charge is 2.34. The molecule has 22 heavy (non-hydrogen) atoms. The number of carbonyl (C=O) groups excluding carboxylic acids is 1. The summed E-state index contributed by atoms with van der Waals surface area (Å²) < 4.78 is 39.7. The normalized spacial score (nSPS) is 15.8. The zero-order valence-electron chi connectivity index (χ0n) is 10.9. The molecular formula is C15H8BrF3N2O. The number of amides is 1. The Morgan fingerprint density at radius 1 is 1.09 bits per heavy atom. The van der Waals surface area contributed by atoms with E-state index in [0.29, 0.717) is 15.7 Å².